The molecular formula is C27H29ClN4O3. The lowest BCUT2D eigenvalue weighted by molar-refractivity contribution is -0.0372. The number of furan rings is 1. The number of piperazine rings is 1. The Morgan fingerprint density at radius 3 is 2.40 bits per heavy atom. The molecule has 8 heteroatoms. The van der Waals surface area contributed by atoms with Gasteiger partial charge in [-0.25, -0.2) is 9.86 Å². The second-order valence-electron chi connectivity index (χ2n) is 8.46. The molecule has 0 saturated carbocycles. The van der Waals surface area contributed by atoms with Crippen LogP contribution in [0.5, 0.6) is 0 Å². The minimum atomic E-state index is -0.893. The lowest BCUT2D eigenvalue weighted by Gasteiger charge is -2.39. The summed E-state index contributed by atoms with van der Waals surface area (Å²) < 4.78 is 5.86. The van der Waals surface area contributed by atoms with Crippen LogP contribution >= 0.6 is 11.6 Å². The van der Waals surface area contributed by atoms with Gasteiger partial charge < -0.3 is 10.2 Å². The largest absolute Gasteiger partial charge is 0.451 e. The van der Waals surface area contributed by atoms with Gasteiger partial charge in [0.1, 0.15) is 5.76 Å². The van der Waals surface area contributed by atoms with E-state index in [-0.39, 0.29) is 12.6 Å². The number of nitrogens with zero attached hydrogens (tertiary/aromatic N) is 3. The number of hydrogen-bond acceptors (Lipinski definition) is 5. The molecular weight excluding hydrogens is 464 g/mol. The number of hydroxylamine groups is 2. The van der Waals surface area contributed by atoms with Crippen LogP contribution < -0.4 is 5.73 Å². The predicted molar refractivity (Wildman–Crippen MR) is 135 cm³/mol. The Labute approximate surface area is 210 Å². The summed E-state index contributed by atoms with van der Waals surface area (Å²) in [4.78, 5) is 15.7. The third kappa shape index (κ3) is 6.87. The van der Waals surface area contributed by atoms with Crippen molar-refractivity contribution in [3.05, 3.63) is 94.4 Å². The molecule has 1 unspecified atom stereocenters. The Hall–Kier alpha value is -3.28. The SMILES string of the molecule is NC(=O)N(O)CCC#Cc1ccc(CN2CCN(C(c3ccccc3)c3ccc(Cl)cc3)CC2)o1. The normalized spacial score (nSPS) is 15.3. The maximum absolute atomic E-state index is 10.8. The van der Waals surface area contributed by atoms with Crippen LogP contribution in [0.15, 0.2) is 71.1 Å². The van der Waals surface area contributed by atoms with Crippen molar-refractivity contribution in [2.24, 2.45) is 5.73 Å². The highest BCUT2D eigenvalue weighted by Crippen LogP contribution is 2.30. The molecule has 2 amide bonds. The van der Waals surface area contributed by atoms with Crippen LogP contribution in [-0.4, -0.2) is 58.8 Å². The third-order valence-corrected chi connectivity index (χ3v) is 6.28. The van der Waals surface area contributed by atoms with Crippen LogP contribution in [-0.2, 0) is 6.54 Å². The first kappa shape index (κ1) is 24.8. The summed E-state index contributed by atoms with van der Waals surface area (Å²) in [5.41, 5.74) is 7.48. The molecule has 2 aromatic carbocycles. The standard InChI is InChI=1S/C27H29ClN4O3/c28-23-11-9-22(10-12-23)26(21-6-2-1-3-7-21)31-18-16-30(17-19-31)20-25-14-13-24(35-25)8-4-5-15-32(34)27(29)33/h1-3,6-7,9-14,26,34H,5,15-20H2,(H2,29,33). The Morgan fingerprint density at radius 2 is 1.71 bits per heavy atom. The maximum Gasteiger partial charge on any atom is 0.338 e. The summed E-state index contributed by atoms with van der Waals surface area (Å²) in [5, 5.41) is 10.4. The minimum Gasteiger partial charge on any atom is -0.451 e. The van der Waals surface area contributed by atoms with E-state index in [0.717, 1.165) is 43.5 Å². The van der Waals surface area contributed by atoms with Gasteiger partial charge in [0.15, 0.2) is 5.76 Å². The number of carbonyl (C=O) groups is 1. The summed E-state index contributed by atoms with van der Waals surface area (Å²) in [5.74, 6) is 7.22. The van der Waals surface area contributed by atoms with E-state index in [1.165, 1.54) is 11.1 Å². The average molecular weight is 493 g/mol. The number of primary amides is 1. The lowest BCUT2D eigenvalue weighted by atomic mass is 9.96. The number of nitrogens with two attached hydrogens (primary N) is 1. The van der Waals surface area contributed by atoms with Gasteiger partial charge in [-0.05, 0) is 41.3 Å². The van der Waals surface area contributed by atoms with Crippen molar-refractivity contribution in [2.75, 3.05) is 32.7 Å². The number of urea groups is 1. The van der Waals surface area contributed by atoms with Gasteiger partial charge in [-0.15, -0.1) is 0 Å². The Morgan fingerprint density at radius 1 is 1.03 bits per heavy atom. The van der Waals surface area contributed by atoms with E-state index in [2.05, 4.69) is 58.0 Å². The summed E-state index contributed by atoms with van der Waals surface area (Å²) in [7, 11) is 0. The minimum absolute atomic E-state index is 0.0557. The highest BCUT2D eigenvalue weighted by atomic mass is 35.5. The number of hydrogen-bond donors (Lipinski definition) is 2. The van der Waals surface area contributed by atoms with Crippen LogP contribution in [0.2, 0.25) is 5.02 Å². The zero-order valence-corrected chi connectivity index (χ0v) is 20.2. The quantitative estimate of drug-likeness (QED) is 0.291. The fraction of sp³-hybridized carbons (Fsp3) is 0.296. The van der Waals surface area contributed by atoms with Crippen LogP contribution in [0, 0.1) is 11.8 Å². The second kappa shape index (κ2) is 11.9. The fourth-order valence-corrected chi connectivity index (χ4v) is 4.37. The van der Waals surface area contributed by atoms with Gasteiger partial charge in [-0.1, -0.05) is 60.0 Å². The van der Waals surface area contributed by atoms with Gasteiger partial charge in [-0.3, -0.25) is 15.0 Å². The van der Waals surface area contributed by atoms with Crippen LogP contribution in [0.25, 0.3) is 0 Å². The van der Waals surface area contributed by atoms with Crippen molar-refractivity contribution >= 4 is 17.6 Å². The predicted octanol–water partition coefficient (Wildman–Crippen LogP) is 4.35. The van der Waals surface area contributed by atoms with E-state index >= 15 is 0 Å². The molecule has 2 heterocycles. The molecule has 4 rings (SSSR count). The Kier molecular flexibility index (Phi) is 8.45. The number of carbonyl (C=O) groups excluding carboxylic acids is 1. The Bertz CT molecular complexity index is 1160. The number of amides is 2. The molecule has 3 aromatic rings. The van der Waals surface area contributed by atoms with E-state index in [9.17, 15) is 10.0 Å². The summed E-state index contributed by atoms with van der Waals surface area (Å²) in [6.45, 7) is 4.51. The molecule has 1 atom stereocenters. The summed E-state index contributed by atoms with van der Waals surface area (Å²) in [6, 6.07) is 21.8. The molecule has 0 aliphatic carbocycles. The molecule has 0 spiro atoms. The zero-order valence-electron chi connectivity index (χ0n) is 19.4. The number of benzene rings is 2. The van der Waals surface area contributed by atoms with E-state index in [0.29, 0.717) is 17.2 Å². The van der Waals surface area contributed by atoms with E-state index < -0.39 is 6.03 Å². The monoisotopic (exact) mass is 492 g/mol. The highest BCUT2D eigenvalue weighted by molar-refractivity contribution is 6.30. The average Bonchev–Trinajstić information content (AvgIpc) is 3.32. The van der Waals surface area contributed by atoms with Gasteiger partial charge >= 0.3 is 6.03 Å². The van der Waals surface area contributed by atoms with Crippen LogP contribution in [0.4, 0.5) is 4.79 Å². The summed E-state index contributed by atoms with van der Waals surface area (Å²) >= 11 is 6.14. The summed E-state index contributed by atoms with van der Waals surface area (Å²) in [6.07, 6.45) is 0.299. The molecule has 1 fully saturated rings. The second-order valence-corrected chi connectivity index (χ2v) is 8.89. The molecule has 35 heavy (non-hydrogen) atoms. The van der Waals surface area contributed by atoms with E-state index in [4.69, 9.17) is 21.8 Å². The number of halogens is 1. The first-order chi connectivity index (χ1) is 17.0. The molecule has 0 radical (unpaired) electrons. The molecule has 182 valence electrons. The van der Waals surface area contributed by atoms with Crippen molar-refractivity contribution in [3.63, 3.8) is 0 Å². The van der Waals surface area contributed by atoms with E-state index in [1.54, 1.807) is 0 Å². The smallest absolute Gasteiger partial charge is 0.338 e. The first-order valence-corrected chi connectivity index (χ1v) is 12.0. The molecule has 1 saturated heterocycles. The molecule has 3 N–H and O–H groups in total. The van der Waals surface area contributed by atoms with Crippen LogP contribution in [0.3, 0.4) is 0 Å². The third-order valence-electron chi connectivity index (χ3n) is 6.03. The van der Waals surface area contributed by atoms with Gasteiger partial charge in [0.2, 0.25) is 0 Å². The molecule has 1 aliphatic heterocycles. The van der Waals surface area contributed by atoms with Crippen LogP contribution in [0.1, 0.15) is 35.1 Å². The van der Waals surface area contributed by atoms with Crippen molar-refractivity contribution in [1.82, 2.24) is 14.9 Å². The number of rotatable bonds is 7. The van der Waals surface area contributed by atoms with E-state index in [1.807, 2.05) is 30.3 Å². The first-order valence-electron chi connectivity index (χ1n) is 11.6. The van der Waals surface area contributed by atoms with Crippen molar-refractivity contribution in [2.45, 2.75) is 19.0 Å². The van der Waals surface area contributed by atoms with Crippen molar-refractivity contribution in [3.8, 4) is 11.8 Å². The molecule has 0 bridgehead atoms. The lowest BCUT2D eigenvalue weighted by Crippen LogP contribution is -2.47. The van der Waals surface area contributed by atoms with Gasteiger partial charge in [0, 0.05) is 37.6 Å². The topological polar surface area (TPSA) is 86.2 Å². The van der Waals surface area contributed by atoms with Crippen molar-refractivity contribution < 1.29 is 14.4 Å². The molecule has 7 nitrogen and oxygen atoms in total. The Balaban J connectivity index is 1.34. The van der Waals surface area contributed by atoms with Gasteiger partial charge in [-0.2, -0.15) is 0 Å². The maximum atomic E-state index is 10.8. The van der Waals surface area contributed by atoms with Gasteiger partial charge in [0.05, 0.1) is 19.1 Å². The fourth-order valence-electron chi connectivity index (χ4n) is 4.25. The molecule has 1 aromatic heterocycles. The molecule has 1 aliphatic rings. The zero-order chi connectivity index (χ0) is 24.6. The van der Waals surface area contributed by atoms with Crippen molar-refractivity contribution in [1.29, 1.82) is 0 Å². The highest BCUT2D eigenvalue weighted by Gasteiger charge is 2.26. The van der Waals surface area contributed by atoms with Gasteiger partial charge in [0.25, 0.3) is 0 Å².